The average Bonchev–Trinajstić information content (AvgIpc) is 3.35. The number of allylic oxidation sites excluding steroid dienone is 2. The van der Waals surface area contributed by atoms with Crippen LogP contribution in [0.3, 0.4) is 0 Å². The molecular formula is C48H63FO4S. The highest BCUT2D eigenvalue weighted by Crippen LogP contribution is 2.46. The summed E-state index contributed by atoms with van der Waals surface area (Å²) in [4.78, 5) is 14.4. The summed E-state index contributed by atoms with van der Waals surface area (Å²) >= 11 is 0. The van der Waals surface area contributed by atoms with Crippen LogP contribution in [0.2, 0.25) is 0 Å². The van der Waals surface area contributed by atoms with Gasteiger partial charge < -0.3 is 9.47 Å². The van der Waals surface area contributed by atoms with Crippen LogP contribution in [0.1, 0.15) is 146 Å². The first-order chi connectivity index (χ1) is 25.6. The predicted molar refractivity (Wildman–Crippen MR) is 224 cm³/mol. The Bertz CT molecular complexity index is 1890. The van der Waals surface area contributed by atoms with Gasteiger partial charge >= 0.3 is 5.97 Å². The zero-order valence-electron chi connectivity index (χ0n) is 34.3. The number of halogens is 1. The molecule has 0 N–H and O–H groups in total. The van der Waals surface area contributed by atoms with Crippen molar-refractivity contribution in [3.63, 3.8) is 0 Å². The van der Waals surface area contributed by atoms with Crippen molar-refractivity contribution in [2.75, 3.05) is 6.26 Å². The number of esters is 1. The van der Waals surface area contributed by atoms with Crippen LogP contribution in [0.4, 0.5) is 4.39 Å². The second kappa shape index (κ2) is 18.4. The van der Waals surface area contributed by atoms with Crippen molar-refractivity contribution >= 4 is 34.0 Å². The van der Waals surface area contributed by atoms with E-state index in [1.165, 1.54) is 57.1 Å². The molecule has 0 amide bonds. The number of aryl methyl sites for hydroxylation is 1. The third kappa shape index (κ3) is 10.6. The van der Waals surface area contributed by atoms with E-state index in [2.05, 4.69) is 34.6 Å². The van der Waals surface area contributed by atoms with Gasteiger partial charge in [0.2, 0.25) is 0 Å². The highest BCUT2D eigenvalue weighted by Gasteiger charge is 2.34. The second-order valence-electron chi connectivity index (χ2n) is 17.1. The van der Waals surface area contributed by atoms with E-state index in [-0.39, 0.29) is 23.8 Å². The lowest BCUT2D eigenvalue weighted by Crippen LogP contribution is -2.37. The van der Waals surface area contributed by atoms with Gasteiger partial charge in [0, 0.05) is 27.5 Å². The first kappa shape index (κ1) is 41.6. The Balaban J connectivity index is 1.19. The van der Waals surface area contributed by atoms with E-state index < -0.39 is 10.8 Å². The van der Waals surface area contributed by atoms with E-state index in [0.717, 1.165) is 98.6 Å². The number of ether oxygens (including phenoxy) is 2. The molecule has 3 aromatic rings. The van der Waals surface area contributed by atoms with Gasteiger partial charge in [-0.3, -0.25) is 9.00 Å². The third-order valence-corrected chi connectivity index (χ3v) is 12.8. The monoisotopic (exact) mass is 754 g/mol. The maximum atomic E-state index is 14.6. The van der Waals surface area contributed by atoms with E-state index in [1.807, 2.05) is 57.2 Å². The van der Waals surface area contributed by atoms with Gasteiger partial charge in [-0.25, -0.2) is 4.39 Å². The molecule has 2 aliphatic rings. The molecule has 0 bridgehead atoms. The van der Waals surface area contributed by atoms with Gasteiger partial charge in [-0.2, -0.15) is 0 Å². The Labute approximate surface area is 327 Å². The molecule has 0 saturated heterocycles. The van der Waals surface area contributed by atoms with Crippen molar-refractivity contribution in [2.24, 2.45) is 17.8 Å². The van der Waals surface area contributed by atoms with Crippen LogP contribution in [0, 0.1) is 37.4 Å². The van der Waals surface area contributed by atoms with Crippen LogP contribution >= 0.6 is 0 Å². The van der Waals surface area contributed by atoms with E-state index in [1.54, 1.807) is 12.3 Å². The summed E-state index contributed by atoms with van der Waals surface area (Å²) in [6.07, 6.45) is 17.0. The fourth-order valence-electron chi connectivity index (χ4n) is 8.35. The summed E-state index contributed by atoms with van der Waals surface area (Å²) in [6, 6.07) is 14.2. The Morgan fingerprint density at radius 1 is 0.907 bits per heavy atom. The number of carbonyl (C=O) groups is 1. The van der Waals surface area contributed by atoms with Crippen molar-refractivity contribution in [2.45, 2.75) is 143 Å². The summed E-state index contributed by atoms with van der Waals surface area (Å²) in [7, 11) is -1.06. The maximum Gasteiger partial charge on any atom is 0.315 e. The van der Waals surface area contributed by atoms with Gasteiger partial charge in [0.1, 0.15) is 22.9 Å². The van der Waals surface area contributed by atoms with Gasteiger partial charge in [-0.1, -0.05) is 90.8 Å². The molecule has 292 valence electrons. The smallest absolute Gasteiger partial charge is 0.315 e. The van der Waals surface area contributed by atoms with Crippen molar-refractivity contribution in [3.8, 4) is 11.5 Å². The van der Waals surface area contributed by atoms with Crippen LogP contribution in [-0.2, 0) is 22.0 Å². The van der Waals surface area contributed by atoms with Crippen LogP contribution in [0.15, 0.2) is 59.0 Å². The standard InChI is InChI=1S/C48H63FO4S/c1-31(2)13-10-14-32(3)15-11-16-33(4)17-12-25-48(8)26-24-40-36(7)45(27-34(5)47(40)53-48)52-46(50)30-43-35(6)42(41-23-20-38(49)29-44(41)43)28-37-18-21-39(22-19-37)54(9)51/h18-23,27-29,31-33H,10-17,24-26,30H2,1-9H3. The molecule has 6 heteroatoms. The molecule has 4 unspecified atom stereocenters. The fraction of sp³-hybridized carbons (Fsp3) is 0.521. The molecule has 0 aromatic heterocycles. The summed E-state index contributed by atoms with van der Waals surface area (Å²) in [5.41, 5.74) is 7.99. The van der Waals surface area contributed by atoms with E-state index >= 15 is 0 Å². The third-order valence-electron chi connectivity index (χ3n) is 11.9. The number of rotatable bonds is 17. The van der Waals surface area contributed by atoms with Gasteiger partial charge in [-0.05, 0) is 152 Å². The van der Waals surface area contributed by atoms with Crippen molar-refractivity contribution in [1.29, 1.82) is 0 Å². The Morgan fingerprint density at radius 3 is 2.20 bits per heavy atom. The first-order valence-corrected chi connectivity index (χ1v) is 21.9. The molecule has 54 heavy (non-hydrogen) atoms. The lowest BCUT2D eigenvalue weighted by atomic mass is 9.84. The normalized spacial score (nSPS) is 19.1. The zero-order valence-corrected chi connectivity index (χ0v) is 35.1. The second-order valence-corrected chi connectivity index (χ2v) is 18.4. The molecule has 3 aromatic carbocycles. The predicted octanol–water partition coefficient (Wildman–Crippen LogP) is 13.0. The minimum atomic E-state index is -1.06. The first-order valence-electron chi connectivity index (χ1n) is 20.3. The Hall–Kier alpha value is -3.51. The number of benzene rings is 3. The quantitative estimate of drug-likeness (QED) is 0.102. The number of hydrogen-bond acceptors (Lipinski definition) is 4. The van der Waals surface area contributed by atoms with Crippen LogP contribution < -0.4 is 9.47 Å². The maximum absolute atomic E-state index is 14.6. The SMILES string of the molecule is CC1=C(CC(=O)Oc2cc(C)c3c(c2C)CCC(C)(CCCC(C)CCCC(C)CCCC(C)C)O3)c2cc(F)ccc2C1=Cc1ccc(S(C)=O)cc1. The molecule has 0 spiro atoms. The highest BCUT2D eigenvalue weighted by atomic mass is 32.2. The van der Waals surface area contributed by atoms with Crippen LogP contribution in [-0.4, -0.2) is 22.0 Å². The molecule has 1 aliphatic heterocycles. The number of hydrogen-bond donors (Lipinski definition) is 0. The molecule has 0 radical (unpaired) electrons. The largest absolute Gasteiger partial charge is 0.487 e. The molecular weight excluding hydrogens is 692 g/mol. The van der Waals surface area contributed by atoms with Gasteiger partial charge in [0.15, 0.2) is 0 Å². The summed E-state index contributed by atoms with van der Waals surface area (Å²) < 4.78 is 39.3. The molecule has 5 rings (SSSR count). The minimum absolute atomic E-state index is 0.0211. The van der Waals surface area contributed by atoms with Gasteiger partial charge in [0.05, 0.1) is 6.42 Å². The minimum Gasteiger partial charge on any atom is -0.487 e. The van der Waals surface area contributed by atoms with Crippen molar-refractivity contribution in [3.05, 3.63) is 93.3 Å². The Kier molecular flexibility index (Phi) is 14.2. The lowest BCUT2D eigenvalue weighted by Gasteiger charge is -2.38. The molecule has 4 atom stereocenters. The van der Waals surface area contributed by atoms with Gasteiger partial charge in [0.25, 0.3) is 0 Å². The van der Waals surface area contributed by atoms with Crippen molar-refractivity contribution < 1.29 is 22.9 Å². The van der Waals surface area contributed by atoms with E-state index in [4.69, 9.17) is 9.47 Å². The van der Waals surface area contributed by atoms with Crippen LogP contribution in [0.25, 0.3) is 17.2 Å². The molecule has 0 saturated carbocycles. The van der Waals surface area contributed by atoms with E-state index in [9.17, 15) is 13.4 Å². The zero-order chi connectivity index (χ0) is 39.2. The fourth-order valence-corrected chi connectivity index (χ4v) is 8.87. The average molecular weight is 755 g/mol. The number of carbonyl (C=O) groups excluding carboxylic acids is 1. The summed E-state index contributed by atoms with van der Waals surface area (Å²) in [5, 5.41) is 0. The van der Waals surface area contributed by atoms with Crippen molar-refractivity contribution in [1.82, 2.24) is 0 Å². The number of fused-ring (bicyclic) bond motifs is 2. The molecule has 4 nitrogen and oxygen atoms in total. The lowest BCUT2D eigenvalue weighted by molar-refractivity contribution is -0.133. The molecule has 1 heterocycles. The van der Waals surface area contributed by atoms with Gasteiger partial charge in [-0.15, -0.1) is 0 Å². The van der Waals surface area contributed by atoms with Crippen LogP contribution in [0.5, 0.6) is 11.5 Å². The molecule has 0 fully saturated rings. The molecule has 1 aliphatic carbocycles. The van der Waals surface area contributed by atoms with E-state index in [0.29, 0.717) is 11.3 Å². The summed E-state index contributed by atoms with van der Waals surface area (Å²) in [5.74, 6) is 3.15. The highest BCUT2D eigenvalue weighted by molar-refractivity contribution is 7.84. The topological polar surface area (TPSA) is 52.6 Å². The summed E-state index contributed by atoms with van der Waals surface area (Å²) in [6.45, 7) is 17.8. The Morgan fingerprint density at radius 2 is 1.56 bits per heavy atom.